The Bertz CT molecular complexity index is 1050. The fourth-order valence-electron chi connectivity index (χ4n) is 3.52. The molecule has 0 saturated heterocycles. The van der Waals surface area contributed by atoms with Crippen LogP contribution in [0.5, 0.6) is 0 Å². The summed E-state index contributed by atoms with van der Waals surface area (Å²) in [7, 11) is -3.75. The first-order chi connectivity index (χ1) is 13.9. The smallest absolute Gasteiger partial charge is 0.244 e. The van der Waals surface area contributed by atoms with E-state index in [1.165, 1.54) is 17.7 Å². The Labute approximate surface area is 189 Å². The van der Waals surface area contributed by atoms with Gasteiger partial charge in [0.15, 0.2) is 0 Å². The van der Waals surface area contributed by atoms with Gasteiger partial charge in [-0.3, -0.25) is 9.10 Å². The molecule has 0 spiro atoms. The minimum absolute atomic E-state index is 0.220. The zero-order valence-electron chi connectivity index (χ0n) is 18.1. The third kappa shape index (κ3) is 5.48. The van der Waals surface area contributed by atoms with Crippen molar-refractivity contribution in [1.82, 2.24) is 5.32 Å². The SMILES string of the molecule is CC[C@@H](C(=O)N[C@H](C)c1cc(C)c(C)cc1C)N(c1ccc(Cl)c(Cl)c1)S(C)(=O)=O. The fourth-order valence-corrected chi connectivity index (χ4v) is 5.02. The van der Waals surface area contributed by atoms with E-state index in [0.717, 1.165) is 27.3 Å². The summed E-state index contributed by atoms with van der Waals surface area (Å²) in [5.41, 5.74) is 4.69. The van der Waals surface area contributed by atoms with Gasteiger partial charge in [0, 0.05) is 0 Å². The Kier molecular flexibility index (Phi) is 7.83. The first-order valence-corrected chi connectivity index (χ1v) is 12.3. The Hall–Kier alpha value is -1.76. The molecule has 2 rings (SSSR count). The molecule has 0 fully saturated rings. The Balaban J connectivity index is 2.38. The van der Waals surface area contributed by atoms with Crippen molar-refractivity contribution in [2.75, 3.05) is 10.6 Å². The van der Waals surface area contributed by atoms with E-state index in [-0.39, 0.29) is 23.4 Å². The molecule has 0 aliphatic heterocycles. The van der Waals surface area contributed by atoms with Gasteiger partial charge >= 0.3 is 0 Å². The van der Waals surface area contributed by atoms with Crippen LogP contribution in [-0.2, 0) is 14.8 Å². The van der Waals surface area contributed by atoms with Crippen LogP contribution >= 0.6 is 23.2 Å². The maximum atomic E-state index is 13.2. The molecule has 2 aromatic carbocycles. The first kappa shape index (κ1) is 24.5. The molecular weight excluding hydrogens is 443 g/mol. The summed E-state index contributed by atoms with van der Waals surface area (Å²) in [6, 6.07) is 7.46. The number of nitrogens with one attached hydrogen (secondary N) is 1. The molecule has 0 aliphatic rings. The minimum Gasteiger partial charge on any atom is -0.348 e. The largest absolute Gasteiger partial charge is 0.348 e. The van der Waals surface area contributed by atoms with Crippen LogP contribution in [0, 0.1) is 20.8 Å². The van der Waals surface area contributed by atoms with E-state index in [9.17, 15) is 13.2 Å². The van der Waals surface area contributed by atoms with E-state index in [4.69, 9.17) is 23.2 Å². The number of sulfonamides is 1. The van der Waals surface area contributed by atoms with Crippen LogP contribution in [0.1, 0.15) is 48.6 Å². The van der Waals surface area contributed by atoms with Gasteiger partial charge in [0.1, 0.15) is 6.04 Å². The summed E-state index contributed by atoms with van der Waals surface area (Å²) in [6.45, 7) is 9.73. The van der Waals surface area contributed by atoms with Gasteiger partial charge in [-0.15, -0.1) is 0 Å². The number of anilines is 1. The molecule has 1 N–H and O–H groups in total. The lowest BCUT2D eigenvalue weighted by atomic mass is 9.96. The monoisotopic (exact) mass is 470 g/mol. The second-order valence-electron chi connectivity index (χ2n) is 7.60. The van der Waals surface area contributed by atoms with Crippen molar-refractivity contribution in [1.29, 1.82) is 0 Å². The van der Waals surface area contributed by atoms with Crippen LogP contribution in [0.4, 0.5) is 5.69 Å². The van der Waals surface area contributed by atoms with Gasteiger partial charge in [-0.1, -0.05) is 42.3 Å². The first-order valence-electron chi connectivity index (χ1n) is 9.69. The van der Waals surface area contributed by atoms with E-state index in [2.05, 4.69) is 17.4 Å². The molecule has 0 saturated carbocycles. The number of carbonyl (C=O) groups is 1. The number of carbonyl (C=O) groups excluding carboxylic acids is 1. The van der Waals surface area contributed by atoms with E-state index in [1.807, 2.05) is 27.7 Å². The summed E-state index contributed by atoms with van der Waals surface area (Å²) in [5, 5.41) is 3.51. The summed E-state index contributed by atoms with van der Waals surface area (Å²) in [6.07, 6.45) is 1.36. The topological polar surface area (TPSA) is 66.5 Å². The van der Waals surface area contributed by atoms with Crippen molar-refractivity contribution in [2.45, 2.75) is 53.1 Å². The zero-order valence-corrected chi connectivity index (χ0v) is 20.4. The van der Waals surface area contributed by atoms with Crippen molar-refractivity contribution >= 4 is 44.8 Å². The standard InChI is InChI=1S/C22H28Cl2N2O3S/c1-7-21(26(30(6,28)29)17-8-9-19(23)20(24)12-17)22(27)25-16(5)18-11-14(3)13(2)10-15(18)4/h8-12,16,21H,7H2,1-6H3,(H,25,27)/t16-,21+/m1/s1. The van der Waals surface area contributed by atoms with Crippen LogP contribution in [0.25, 0.3) is 0 Å². The van der Waals surface area contributed by atoms with Gasteiger partial charge < -0.3 is 5.32 Å². The molecule has 0 aromatic heterocycles. The normalized spacial score (nSPS) is 13.6. The molecule has 0 unspecified atom stereocenters. The van der Waals surface area contributed by atoms with Gasteiger partial charge in [0.05, 0.1) is 28.0 Å². The maximum Gasteiger partial charge on any atom is 0.244 e. The second kappa shape index (κ2) is 9.58. The van der Waals surface area contributed by atoms with Crippen molar-refractivity contribution in [3.63, 3.8) is 0 Å². The molecule has 30 heavy (non-hydrogen) atoms. The van der Waals surface area contributed by atoms with Crippen LogP contribution in [0.15, 0.2) is 30.3 Å². The summed E-state index contributed by atoms with van der Waals surface area (Å²) in [4.78, 5) is 13.2. The van der Waals surface area contributed by atoms with E-state index in [0.29, 0.717) is 10.7 Å². The lowest BCUT2D eigenvalue weighted by molar-refractivity contribution is -0.122. The van der Waals surface area contributed by atoms with Crippen LogP contribution < -0.4 is 9.62 Å². The Morgan fingerprint density at radius 1 is 1.03 bits per heavy atom. The summed E-state index contributed by atoms with van der Waals surface area (Å²) < 4.78 is 26.3. The summed E-state index contributed by atoms with van der Waals surface area (Å²) >= 11 is 12.1. The van der Waals surface area contributed by atoms with Crippen molar-refractivity contribution in [2.24, 2.45) is 0 Å². The average Bonchev–Trinajstić information content (AvgIpc) is 2.63. The number of rotatable bonds is 7. The molecule has 0 heterocycles. The number of hydrogen-bond donors (Lipinski definition) is 1. The van der Waals surface area contributed by atoms with E-state index < -0.39 is 16.1 Å². The molecule has 0 aliphatic carbocycles. The van der Waals surface area contributed by atoms with Gasteiger partial charge in [-0.05, 0) is 74.6 Å². The molecule has 2 aromatic rings. The fraction of sp³-hybridized carbons (Fsp3) is 0.409. The molecular formula is C22H28Cl2N2O3S. The lowest BCUT2D eigenvalue weighted by Crippen LogP contribution is -2.49. The van der Waals surface area contributed by atoms with Gasteiger partial charge in [-0.25, -0.2) is 8.42 Å². The summed E-state index contributed by atoms with van der Waals surface area (Å²) in [5.74, 6) is -0.376. The van der Waals surface area contributed by atoms with Crippen molar-refractivity contribution in [3.05, 3.63) is 62.6 Å². The maximum absolute atomic E-state index is 13.2. The number of benzene rings is 2. The predicted octanol–water partition coefficient (Wildman–Crippen LogP) is 5.34. The molecule has 5 nitrogen and oxygen atoms in total. The van der Waals surface area contributed by atoms with Crippen molar-refractivity contribution in [3.8, 4) is 0 Å². The average molecular weight is 471 g/mol. The van der Waals surface area contributed by atoms with Gasteiger partial charge in [-0.2, -0.15) is 0 Å². The number of hydrogen-bond acceptors (Lipinski definition) is 3. The third-order valence-electron chi connectivity index (χ3n) is 5.20. The predicted molar refractivity (Wildman–Crippen MR) is 125 cm³/mol. The molecule has 2 atom stereocenters. The van der Waals surface area contributed by atoms with Gasteiger partial charge in [0.2, 0.25) is 15.9 Å². The number of amides is 1. The number of nitrogens with zero attached hydrogens (tertiary/aromatic N) is 1. The highest BCUT2D eigenvalue weighted by Crippen LogP contribution is 2.30. The molecule has 0 radical (unpaired) electrons. The van der Waals surface area contributed by atoms with Crippen LogP contribution in [0.3, 0.4) is 0 Å². The van der Waals surface area contributed by atoms with E-state index in [1.54, 1.807) is 13.0 Å². The minimum atomic E-state index is -3.75. The highest BCUT2D eigenvalue weighted by molar-refractivity contribution is 7.92. The highest BCUT2D eigenvalue weighted by Gasteiger charge is 2.32. The Morgan fingerprint density at radius 3 is 2.17 bits per heavy atom. The molecule has 164 valence electrons. The van der Waals surface area contributed by atoms with E-state index >= 15 is 0 Å². The number of aryl methyl sites for hydroxylation is 3. The zero-order chi connectivity index (χ0) is 22.8. The second-order valence-corrected chi connectivity index (χ2v) is 10.3. The quantitative estimate of drug-likeness (QED) is 0.593. The van der Waals surface area contributed by atoms with Crippen LogP contribution in [-0.4, -0.2) is 26.6 Å². The molecule has 8 heteroatoms. The van der Waals surface area contributed by atoms with Gasteiger partial charge in [0.25, 0.3) is 0 Å². The number of halogens is 2. The molecule has 0 bridgehead atoms. The Morgan fingerprint density at radius 2 is 1.63 bits per heavy atom. The molecule has 1 amide bonds. The highest BCUT2D eigenvalue weighted by atomic mass is 35.5. The van der Waals surface area contributed by atoms with Crippen molar-refractivity contribution < 1.29 is 13.2 Å². The van der Waals surface area contributed by atoms with Crippen LogP contribution in [0.2, 0.25) is 10.0 Å². The third-order valence-corrected chi connectivity index (χ3v) is 7.11. The lowest BCUT2D eigenvalue weighted by Gasteiger charge is -2.31.